The highest BCUT2D eigenvalue weighted by Gasteiger charge is 2.13. The Bertz CT molecular complexity index is 67.3. The summed E-state index contributed by atoms with van der Waals surface area (Å²) in [6, 6.07) is 0. The van der Waals surface area contributed by atoms with Crippen molar-refractivity contribution in [3.8, 4) is 0 Å². The van der Waals surface area contributed by atoms with Crippen molar-refractivity contribution >= 4 is 0 Å². The molecule has 0 aromatic rings. The van der Waals surface area contributed by atoms with Gasteiger partial charge in [-0.2, -0.15) is 0 Å². The van der Waals surface area contributed by atoms with Gasteiger partial charge in [0.2, 0.25) is 0 Å². The normalized spacial score (nSPS) is 14.1. The second-order valence-corrected chi connectivity index (χ2v) is 2.41. The van der Waals surface area contributed by atoms with Crippen molar-refractivity contribution in [3.05, 3.63) is 0 Å². The first-order valence-corrected chi connectivity index (χ1v) is 3.38. The van der Waals surface area contributed by atoms with Crippen LogP contribution in [0.2, 0.25) is 0 Å². The summed E-state index contributed by atoms with van der Waals surface area (Å²) < 4.78 is 9.76. The summed E-state index contributed by atoms with van der Waals surface area (Å²) in [6.45, 7) is 2.83. The second kappa shape index (κ2) is 5.65. The number of aliphatic hydroxyl groups is 1. The molecule has 0 fully saturated rings. The maximum Gasteiger partial charge on any atom is 0.0584 e. The van der Waals surface area contributed by atoms with E-state index in [1.54, 1.807) is 21.1 Å². The predicted molar refractivity (Wildman–Crippen MR) is 38.9 cm³/mol. The number of rotatable bonds is 5. The molecule has 0 saturated heterocycles. The standard InChI is InChI=1S/C7H16O3/c1-6(8)7(4-9-2)5-10-3/h6-8H,4-5H2,1-3H3. The van der Waals surface area contributed by atoms with Gasteiger partial charge in [0.15, 0.2) is 0 Å². The second-order valence-electron chi connectivity index (χ2n) is 2.41. The van der Waals surface area contributed by atoms with Gasteiger partial charge in [0.05, 0.1) is 19.3 Å². The molecule has 62 valence electrons. The molecule has 0 radical (unpaired) electrons. The first-order valence-electron chi connectivity index (χ1n) is 3.38. The molecule has 0 saturated carbocycles. The summed E-state index contributed by atoms with van der Waals surface area (Å²) in [4.78, 5) is 0. The number of hydrogen-bond donors (Lipinski definition) is 1. The number of ether oxygens (including phenoxy) is 2. The summed E-state index contributed by atoms with van der Waals surface area (Å²) in [6.07, 6.45) is -0.361. The molecule has 0 aliphatic rings. The fourth-order valence-corrected chi connectivity index (χ4v) is 0.755. The third kappa shape index (κ3) is 3.82. The van der Waals surface area contributed by atoms with Gasteiger partial charge in [-0.3, -0.25) is 0 Å². The van der Waals surface area contributed by atoms with Crippen LogP contribution in [-0.2, 0) is 9.47 Å². The van der Waals surface area contributed by atoms with Crippen LogP contribution in [0.1, 0.15) is 6.92 Å². The molecule has 0 aliphatic carbocycles. The lowest BCUT2D eigenvalue weighted by atomic mass is 10.1. The molecule has 0 spiro atoms. The topological polar surface area (TPSA) is 38.7 Å². The van der Waals surface area contributed by atoms with Crippen LogP contribution < -0.4 is 0 Å². The zero-order valence-electron chi connectivity index (χ0n) is 6.83. The monoisotopic (exact) mass is 148 g/mol. The Labute approximate surface area is 62.0 Å². The Kier molecular flexibility index (Phi) is 5.58. The largest absolute Gasteiger partial charge is 0.393 e. The molecule has 3 nitrogen and oxygen atoms in total. The molecule has 0 aromatic heterocycles. The summed E-state index contributed by atoms with van der Waals surface area (Å²) in [7, 11) is 3.23. The fourth-order valence-electron chi connectivity index (χ4n) is 0.755. The number of hydrogen-bond acceptors (Lipinski definition) is 3. The van der Waals surface area contributed by atoms with Crippen LogP contribution in [0.25, 0.3) is 0 Å². The lowest BCUT2D eigenvalue weighted by Gasteiger charge is -2.17. The van der Waals surface area contributed by atoms with Gasteiger partial charge in [-0.25, -0.2) is 0 Å². The van der Waals surface area contributed by atoms with Gasteiger partial charge in [-0.15, -0.1) is 0 Å². The molecule has 10 heavy (non-hydrogen) atoms. The van der Waals surface area contributed by atoms with E-state index in [1.165, 1.54) is 0 Å². The number of methoxy groups -OCH3 is 2. The van der Waals surface area contributed by atoms with E-state index in [0.29, 0.717) is 13.2 Å². The Balaban J connectivity index is 3.50. The molecule has 0 amide bonds. The third-order valence-electron chi connectivity index (χ3n) is 1.44. The molecule has 1 unspecified atom stereocenters. The van der Waals surface area contributed by atoms with Gasteiger partial charge in [-0.05, 0) is 6.92 Å². The fraction of sp³-hybridized carbons (Fsp3) is 1.00. The van der Waals surface area contributed by atoms with Gasteiger partial charge >= 0.3 is 0 Å². The maximum atomic E-state index is 9.11. The highest BCUT2D eigenvalue weighted by molar-refractivity contribution is 4.62. The number of aliphatic hydroxyl groups excluding tert-OH is 1. The van der Waals surface area contributed by atoms with Crippen LogP contribution in [0.5, 0.6) is 0 Å². The van der Waals surface area contributed by atoms with Crippen LogP contribution in [-0.4, -0.2) is 38.6 Å². The summed E-state index contributed by atoms with van der Waals surface area (Å²) in [5.74, 6) is 0.0926. The van der Waals surface area contributed by atoms with E-state index in [1.807, 2.05) is 0 Å². The van der Waals surface area contributed by atoms with E-state index in [4.69, 9.17) is 14.6 Å². The molecule has 1 atom stereocenters. The van der Waals surface area contributed by atoms with E-state index in [9.17, 15) is 0 Å². The average molecular weight is 148 g/mol. The molecule has 3 heteroatoms. The minimum absolute atomic E-state index is 0.0926. The molecule has 1 N–H and O–H groups in total. The Morgan fingerprint density at radius 2 is 1.60 bits per heavy atom. The third-order valence-corrected chi connectivity index (χ3v) is 1.44. The summed E-state index contributed by atoms with van der Waals surface area (Å²) in [5.41, 5.74) is 0. The minimum atomic E-state index is -0.361. The van der Waals surface area contributed by atoms with Crippen LogP contribution in [0.15, 0.2) is 0 Å². The molecule has 0 bridgehead atoms. The van der Waals surface area contributed by atoms with E-state index in [-0.39, 0.29) is 12.0 Å². The van der Waals surface area contributed by atoms with Crippen LogP contribution >= 0.6 is 0 Å². The van der Waals surface area contributed by atoms with Crippen LogP contribution in [0.4, 0.5) is 0 Å². The predicted octanol–water partition coefficient (Wildman–Crippen LogP) is 0.276. The van der Waals surface area contributed by atoms with Crippen LogP contribution in [0.3, 0.4) is 0 Å². The van der Waals surface area contributed by atoms with E-state index >= 15 is 0 Å². The van der Waals surface area contributed by atoms with Gasteiger partial charge < -0.3 is 14.6 Å². The van der Waals surface area contributed by atoms with Gasteiger partial charge in [-0.1, -0.05) is 0 Å². The zero-order valence-corrected chi connectivity index (χ0v) is 6.83. The molecule has 0 aliphatic heterocycles. The van der Waals surface area contributed by atoms with Crippen molar-refractivity contribution < 1.29 is 14.6 Å². The highest BCUT2D eigenvalue weighted by Crippen LogP contribution is 2.03. The lowest BCUT2D eigenvalue weighted by Crippen LogP contribution is -2.25. The Morgan fingerprint density at radius 3 is 1.80 bits per heavy atom. The first kappa shape index (κ1) is 9.88. The van der Waals surface area contributed by atoms with Crippen molar-refractivity contribution in [1.82, 2.24) is 0 Å². The van der Waals surface area contributed by atoms with Crippen molar-refractivity contribution in [1.29, 1.82) is 0 Å². The van der Waals surface area contributed by atoms with E-state index in [2.05, 4.69) is 0 Å². The van der Waals surface area contributed by atoms with Crippen molar-refractivity contribution in [2.45, 2.75) is 13.0 Å². The molecule has 0 aromatic carbocycles. The quantitative estimate of drug-likeness (QED) is 0.608. The maximum absolute atomic E-state index is 9.11. The van der Waals surface area contributed by atoms with Gasteiger partial charge in [0.1, 0.15) is 0 Å². The molecular formula is C7H16O3. The van der Waals surface area contributed by atoms with Crippen molar-refractivity contribution in [2.75, 3.05) is 27.4 Å². The van der Waals surface area contributed by atoms with E-state index < -0.39 is 0 Å². The van der Waals surface area contributed by atoms with Crippen molar-refractivity contribution in [3.63, 3.8) is 0 Å². The lowest BCUT2D eigenvalue weighted by molar-refractivity contribution is 0.0124. The minimum Gasteiger partial charge on any atom is -0.393 e. The molecular weight excluding hydrogens is 132 g/mol. The zero-order chi connectivity index (χ0) is 7.98. The average Bonchev–Trinajstić information content (AvgIpc) is 1.87. The summed E-state index contributed by atoms with van der Waals surface area (Å²) in [5, 5.41) is 9.11. The Hall–Kier alpha value is -0.120. The summed E-state index contributed by atoms with van der Waals surface area (Å²) >= 11 is 0. The van der Waals surface area contributed by atoms with E-state index in [0.717, 1.165) is 0 Å². The highest BCUT2D eigenvalue weighted by atomic mass is 16.5. The first-order chi connectivity index (χ1) is 4.72. The van der Waals surface area contributed by atoms with Crippen molar-refractivity contribution in [2.24, 2.45) is 5.92 Å². The SMILES string of the molecule is COCC(COC)C(C)O. The Morgan fingerprint density at radius 1 is 1.20 bits per heavy atom. The van der Waals surface area contributed by atoms with Gasteiger partial charge in [0, 0.05) is 20.1 Å². The van der Waals surface area contributed by atoms with Crippen LogP contribution in [0, 0.1) is 5.92 Å². The molecule has 0 rings (SSSR count). The van der Waals surface area contributed by atoms with Gasteiger partial charge in [0.25, 0.3) is 0 Å². The smallest absolute Gasteiger partial charge is 0.0584 e. The molecule has 0 heterocycles.